The molecule has 6 nitrogen and oxygen atoms in total. The van der Waals surface area contributed by atoms with E-state index in [2.05, 4.69) is 5.32 Å². The second-order valence-corrected chi connectivity index (χ2v) is 5.56. The zero-order valence-electron chi connectivity index (χ0n) is 15.1. The fourth-order valence-electron chi connectivity index (χ4n) is 2.20. The predicted molar refractivity (Wildman–Crippen MR) is 102 cm³/mol. The van der Waals surface area contributed by atoms with E-state index in [1.54, 1.807) is 42.5 Å². The fraction of sp³-hybridized carbons (Fsp3) is 0.190. The van der Waals surface area contributed by atoms with E-state index in [0.717, 1.165) is 11.3 Å². The molecule has 0 heterocycles. The molecule has 0 aliphatic rings. The van der Waals surface area contributed by atoms with E-state index < -0.39 is 18.0 Å². The van der Waals surface area contributed by atoms with Crippen molar-refractivity contribution in [2.45, 2.75) is 20.0 Å². The highest BCUT2D eigenvalue weighted by molar-refractivity contribution is 5.97. The molecule has 6 heteroatoms. The maximum absolute atomic E-state index is 12.2. The van der Waals surface area contributed by atoms with Gasteiger partial charge < -0.3 is 14.8 Å². The van der Waals surface area contributed by atoms with Crippen molar-refractivity contribution < 1.29 is 19.1 Å². The zero-order valence-corrected chi connectivity index (χ0v) is 15.1. The van der Waals surface area contributed by atoms with Crippen LogP contribution < -0.4 is 10.1 Å². The molecule has 27 heavy (non-hydrogen) atoms. The predicted octanol–water partition coefficient (Wildman–Crippen LogP) is 3.54. The summed E-state index contributed by atoms with van der Waals surface area (Å²) in [5.74, 6) is -0.402. The molecular weight excluding hydrogens is 344 g/mol. The van der Waals surface area contributed by atoms with Gasteiger partial charge in [0.05, 0.1) is 17.9 Å². The van der Waals surface area contributed by atoms with Gasteiger partial charge in [-0.2, -0.15) is 5.26 Å². The van der Waals surface area contributed by atoms with Crippen molar-refractivity contribution in [3.8, 4) is 11.8 Å². The lowest BCUT2D eigenvalue weighted by atomic mass is 10.2. The fourth-order valence-corrected chi connectivity index (χ4v) is 2.20. The number of nitrogens with zero attached hydrogens (tertiary/aromatic N) is 1. The van der Waals surface area contributed by atoms with Gasteiger partial charge in [0.15, 0.2) is 6.10 Å². The molecule has 0 aliphatic heterocycles. The summed E-state index contributed by atoms with van der Waals surface area (Å²) in [5, 5.41) is 11.6. The molecule has 0 aromatic heterocycles. The highest BCUT2D eigenvalue weighted by Crippen LogP contribution is 2.15. The Morgan fingerprint density at radius 3 is 2.56 bits per heavy atom. The SMILES string of the molecule is CCOc1ccc(/C=C/C(=O)O[C@@H](C)C(=O)Nc2ccccc2C#N)cc1. The first-order valence-electron chi connectivity index (χ1n) is 8.45. The van der Waals surface area contributed by atoms with E-state index in [1.807, 2.05) is 25.1 Å². The highest BCUT2D eigenvalue weighted by atomic mass is 16.5. The van der Waals surface area contributed by atoms with E-state index in [-0.39, 0.29) is 0 Å². The number of amides is 1. The van der Waals surface area contributed by atoms with Crippen LogP contribution in [0.1, 0.15) is 25.0 Å². The molecule has 1 N–H and O–H groups in total. The van der Waals surface area contributed by atoms with Crippen LogP contribution in [0, 0.1) is 11.3 Å². The summed E-state index contributed by atoms with van der Waals surface area (Å²) < 4.78 is 10.4. The van der Waals surface area contributed by atoms with Crippen LogP contribution >= 0.6 is 0 Å². The minimum Gasteiger partial charge on any atom is -0.494 e. The van der Waals surface area contributed by atoms with E-state index >= 15 is 0 Å². The van der Waals surface area contributed by atoms with Crippen LogP contribution in [0.3, 0.4) is 0 Å². The van der Waals surface area contributed by atoms with Gasteiger partial charge in [-0.05, 0) is 49.8 Å². The van der Waals surface area contributed by atoms with E-state index in [0.29, 0.717) is 17.9 Å². The van der Waals surface area contributed by atoms with Crippen molar-refractivity contribution in [2.75, 3.05) is 11.9 Å². The Balaban J connectivity index is 1.90. The van der Waals surface area contributed by atoms with E-state index in [9.17, 15) is 9.59 Å². The van der Waals surface area contributed by atoms with Gasteiger partial charge >= 0.3 is 5.97 Å². The molecule has 0 saturated heterocycles. The minimum atomic E-state index is -1.01. The van der Waals surface area contributed by atoms with E-state index in [4.69, 9.17) is 14.7 Å². The number of para-hydroxylation sites is 1. The van der Waals surface area contributed by atoms with Crippen LogP contribution in [-0.4, -0.2) is 24.6 Å². The number of esters is 1. The van der Waals surface area contributed by atoms with Crippen molar-refractivity contribution in [3.63, 3.8) is 0 Å². The van der Waals surface area contributed by atoms with Crippen LogP contribution in [0.25, 0.3) is 6.08 Å². The zero-order chi connectivity index (χ0) is 19.6. The molecule has 2 aromatic carbocycles. The lowest BCUT2D eigenvalue weighted by Gasteiger charge is -2.13. The van der Waals surface area contributed by atoms with Crippen molar-refractivity contribution in [1.82, 2.24) is 0 Å². The third-order valence-electron chi connectivity index (χ3n) is 3.57. The first-order valence-corrected chi connectivity index (χ1v) is 8.45. The summed E-state index contributed by atoms with van der Waals surface area (Å²) in [5.41, 5.74) is 1.51. The summed E-state index contributed by atoms with van der Waals surface area (Å²) in [6.07, 6.45) is 1.84. The number of benzene rings is 2. The lowest BCUT2D eigenvalue weighted by Crippen LogP contribution is -2.29. The number of hydrogen-bond donors (Lipinski definition) is 1. The van der Waals surface area contributed by atoms with Crippen LogP contribution in [0.5, 0.6) is 5.75 Å². The molecular formula is C21H20N2O4. The third-order valence-corrected chi connectivity index (χ3v) is 3.57. The number of hydrogen-bond acceptors (Lipinski definition) is 5. The number of carbonyl (C=O) groups is 2. The average molecular weight is 364 g/mol. The first kappa shape index (κ1) is 19.7. The Hall–Kier alpha value is -3.59. The number of nitriles is 1. The van der Waals surface area contributed by atoms with Crippen LogP contribution in [0.4, 0.5) is 5.69 Å². The molecule has 138 valence electrons. The van der Waals surface area contributed by atoms with Crippen LogP contribution in [-0.2, 0) is 14.3 Å². The molecule has 1 atom stereocenters. The average Bonchev–Trinajstić information content (AvgIpc) is 2.68. The van der Waals surface area contributed by atoms with Crippen LogP contribution in [0.15, 0.2) is 54.6 Å². The number of rotatable bonds is 7. The van der Waals surface area contributed by atoms with Gasteiger partial charge in [-0.1, -0.05) is 24.3 Å². The summed E-state index contributed by atoms with van der Waals surface area (Å²) in [4.78, 5) is 24.1. The van der Waals surface area contributed by atoms with Crippen molar-refractivity contribution in [2.24, 2.45) is 0 Å². The van der Waals surface area contributed by atoms with Crippen molar-refractivity contribution >= 4 is 23.6 Å². The van der Waals surface area contributed by atoms with Crippen molar-refractivity contribution in [3.05, 3.63) is 65.7 Å². The molecule has 0 saturated carbocycles. The van der Waals surface area contributed by atoms with Gasteiger partial charge in [0.25, 0.3) is 5.91 Å². The topological polar surface area (TPSA) is 88.4 Å². The summed E-state index contributed by atoms with van der Waals surface area (Å²) in [7, 11) is 0. The number of carbonyl (C=O) groups excluding carboxylic acids is 2. The number of ether oxygens (including phenoxy) is 2. The second kappa shape index (κ2) is 9.78. The van der Waals surface area contributed by atoms with Gasteiger partial charge in [-0.25, -0.2) is 4.79 Å². The second-order valence-electron chi connectivity index (χ2n) is 5.56. The molecule has 0 spiro atoms. The third kappa shape index (κ3) is 6.01. The molecule has 0 bridgehead atoms. The van der Waals surface area contributed by atoms with Gasteiger partial charge in [-0.15, -0.1) is 0 Å². The number of nitrogens with one attached hydrogen (secondary N) is 1. The van der Waals surface area contributed by atoms with E-state index in [1.165, 1.54) is 13.0 Å². The lowest BCUT2D eigenvalue weighted by molar-refractivity contribution is -0.148. The minimum absolute atomic E-state index is 0.333. The quantitative estimate of drug-likeness (QED) is 0.600. The molecule has 2 rings (SSSR count). The Bertz CT molecular complexity index is 866. The first-order chi connectivity index (χ1) is 13.0. The molecule has 0 fully saturated rings. The summed E-state index contributed by atoms with van der Waals surface area (Å²) in [6.45, 7) is 3.95. The van der Waals surface area contributed by atoms with Gasteiger partial charge in [0.2, 0.25) is 0 Å². The van der Waals surface area contributed by atoms with Crippen molar-refractivity contribution in [1.29, 1.82) is 5.26 Å². The maximum Gasteiger partial charge on any atom is 0.331 e. The molecule has 2 aromatic rings. The monoisotopic (exact) mass is 364 g/mol. The Morgan fingerprint density at radius 2 is 1.89 bits per heavy atom. The molecule has 1 amide bonds. The van der Waals surface area contributed by atoms with Crippen LogP contribution in [0.2, 0.25) is 0 Å². The Labute approximate surface area is 158 Å². The Kier molecular flexibility index (Phi) is 7.15. The van der Waals surface area contributed by atoms with Gasteiger partial charge in [-0.3, -0.25) is 4.79 Å². The largest absolute Gasteiger partial charge is 0.494 e. The normalized spacial score (nSPS) is 11.4. The van der Waals surface area contributed by atoms with Gasteiger partial charge in [0, 0.05) is 6.08 Å². The molecule has 0 radical (unpaired) electrons. The summed E-state index contributed by atoms with van der Waals surface area (Å²) in [6, 6.07) is 15.8. The number of anilines is 1. The molecule has 0 aliphatic carbocycles. The Morgan fingerprint density at radius 1 is 1.19 bits per heavy atom. The smallest absolute Gasteiger partial charge is 0.331 e. The highest BCUT2D eigenvalue weighted by Gasteiger charge is 2.17. The molecule has 0 unspecified atom stereocenters. The summed E-state index contributed by atoms with van der Waals surface area (Å²) >= 11 is 0. The maximum atomic E-state index is 12.2. The van der Waals surface area contributed by atoms with Gasteiger partial charge in [0.1, 0.15) is 11.8 Å². The standard InChI is InChI=1S/C21H20N2O4/c1-3-26-18-11-8-16(9-12-18)10-13-20(24)27-15(2)21(25)23-19-7-5-4-6-17(19)14-22/h4-13,15H,3H2,1-2H3,(H,23,25)/b13-10+/t15-/m0/s1.